The molecular formula is C19H30N2O3S. The second-order valence-corrected chi connectivity index (χ2v) is 9.57. The lowest BCUT2D eigenvalue weighted by molar-refractivity contribution is 0.111. The van der Waals surface area contributed by atoms with Crippen molar-refractivity contribution in [2.75, 3.05) is 26.0 Å². The Morgan fingerprint density at radius 1 is 1.08 bits per heavy atom. The summed E-state index contributed by atoms with van der Waals surface area (Å²) in [7, 11) is -3.23. The number of benzene rings is 1. The van der Waals surface area contributed by atoms with Gasteiger partial charge < -0.3 is 10.4 Å². The lowest BCUT2D eigenvalue weighted by Crippen LogP contribution is -2.65. The van der Waals surface area contributed by atoms with Gasteiger partial charge in [-0.1, -0.05) is 49.6 Å². The molecule has 3 atom stereocenters. The van der Waals surface area contributed by atoms with Crippen LogP contribution in [0.15, 0.2) is 30.3 Å². The molecule has 0 amide bonds. The Hall–Kier alpha value is -0.950. The van der Waals surface area contributed by atoms with Gasteiger partial charge in [-0.2, -0.15) is 0 Å². The Labute approximate surface area is 151 Å². The molecule has 25 heavy (non-hydrogen) atoms. The fraction of sp³-hybridized carbons (Fsp3) is 0.684. The van der Waals surface area contributed by atoms with Crippen molar-refractivity contribution in [3.05, 3.63) is 35.9 Å². The summed E-state index contributed by atoms with van der Waals surface area (Å²) in [5.74, 6) is 0.633. The monoisotopic (exact) mass is 366 g/mol. The molecule has 5 nitrogen and oxygen atoms in total. The van der Waals surface area contributed by atoms with E-state index in [1.54, 1.807) is 4.31 Å². The van der Waals surface area contributed by atoms with Gasteiger partial charge in [-0.05, 0) is 24.3 Å². The minimum atomic E-state index is -3.23. The second kappa shape index (κ2) is 8.16. The van der Waals surface area contributed by atoms with Gasteiger partial charge in [0.1, 0.15) is 0 Å². The van der Waals surface area contributed by atoms with Crippen molar-refractivity contribution < 1.29 is 13.5 Å². The second-order valence-electron chi connectivity index (χ2n) is 7.58. The zero-order chi connectivity index (χ0) is 17.9. The van der Waals surface area contributed by atoms with Crippen LogP contribution in [-0.4, -0.2) is 55.9 Å². The Kier molecular flexibility index (Phi) is 6.15. The van der Waals surface area contributed by atoms with Crippen molar-refractivity contribution in [2.24, 2.45) is 5.92 Å². The average Bonchev–Trinajstić information content (AvgIpc) is 2.58. The predicted octanol–water partition coefficient (Wildman–Crippen LogP) is 1.94. The third-order valence-corrected chi connectivity index (χ3v) is 6.97. The summed E-state index contributed by atoms with van der Waals surface area (Å²) in [6.45, 7) is 1.17. The summed E-state index contributed by atoms with van der Waals surface area (Å²) in [6, 6.07) is 10.1. The molecule has 140 valence electrons. The standard InChI is InChI=1S/C19H30N2O3S/c1-25(23,24)21(12-15-8-4-2-5-9-15)13-17-19(18(14-22)20-17)16-10-6-3-7-11-16/h3,6-7,10-11,15,17-20,22H,2,4-5,8-9,12-14H2,1H3/t17-,18+,19+/m0/s1. The molecule has 0 aromatic heterocycles. The fourth-order valence-corrected chi connectivity index (χ4v) is 5.25. The van der Waals surface area contributed by atoms with Crippen LogP contribution >= 0.6 is 0 Å². The number of aliphatic hydroxyl groups excluding tert-OH is 1. The highest BCUT2D eigenvalue weighted by Crippen LogP contribution is 2.33. The fourth-order valence-electron chi connectivity index (χ4n) is 4.34. The molecule has 0 spiro atoms. The predicted molar refractivity (Wildman–Crippen MR) is 100.0 cm³/mol. The zero-order valence-electron chi connectivity index (χ0n) is 15.0. The molecule has 2 fully saturated rings. The molecule has 6 heteroatoms. The molecule has 1 aliphatic heterocycles. The topological polar surface area (TPSA) is 69.6 Å². The summed E-state index contributed by atoms with van der Waals surface area (Å²) in [4.78, 5) is 0. The smallest absolute Gasteiger partial charge is 0.211 e. The number of aliphatic hydroxyl groups is 1. The van der Waals surface area contributed by atoms with E-state index in [0.717, 1.165) is 18.4 Å². The summed E-state index contributed by atoms with van der Waals surface area (Å²) in [5.41, 5.74) is 1.16. The first-order chi connectivity index (χ1) is 12.0. The van der Waals surface area contributed by atoms with E-state index in [0.29, 0.717) is 19.0 Å². The summed E-state index contributed by atoms with van der Waals surface area (Å²) in [6.07, 6.45) is 7.27. The number of hydrogen-bond acceptors (Lipinski definition) is 4. The van der Waals surface area contributed by atoms with Gasteiger partial charge >= 0.3 is 0 Å². The van der Waals surface area contributed by atoms with E-state index < -0.39 is 10.0 Å². The molecule has 1 heterocycles. The maximum absolute atomic E-state index is 12.3. The van der Waals surface area contributed by atoms with Crippen LogP contribution in [0.3, 0.4) is 0 Å². The first-order valence-corrected chi connectivity index (χ1v) is 11.2. The molecule has 0 bridgehead atoms. The maximum atomic E-state index is 12.3. The van der Waals surface area contributed by atoms with E-state index in [9.17, 15) is 13.5 Å². The highest BCUT2D eigenvalue weighted by atomic mass is 32.2. The normalized spacial score (nSPS) is 28.0. The minimum Gasteiger partial charge on any atom is -0.395 e. The van der Waals surface area contributed by atoms with Crippen LogP contribution in [0.2, 0.25) is 0 Å². The van der Waals surface area contributed by atoms with Gasteiger partial charge in [0.25, 0.3) is 0 Å². The molecule has 3 rings (SSSR count). The van der Waals surface area contributed by atoms with Gasteiger partial charge in [0, 0.05) is 31.1 Å². The lowest BCUT2D eigenvalue weighted by atomic mass is 9.77. The van der Waals surface area contributed by atoms with Gasteiger partial charge in [0.15, 0.2) is 0 Å². The molecule has 1 aromatic carbocycles. The largest absolute Gasteiger partial charge is 0.395 e. The average molecular weight is 367 g/mol. The van der Waals surface area contributed by atoms with Crippen LogP contribution in [-0.2, 0) is 10.0 Å². The quantitative estimate of drug-likeness (QED) is 0.774. The first kappa shape index (κ1) is 18.8. The number of nitrogens with one attached hydrogen (secondary N) is 1. The van der Waals surface area contributed by atoms with E-state index in [-0.39, 0.29) is 24.6 Å². The summed E-state index contributed by atoms with van der Waals surface area (Å²) < 4.78 is 26.3. The van der Waals surface area contributed by atoms with Crippen molar-refractivity contribution in [3.8, 4) is 0 Å². The molecular weight excluding hydrogens is 336 g/mol. The molecule has 1 saturated carbocycles. The van der Waals surface area contributed by atoms with Crippen molar-refractivity contribution in [3.63, 3.8) is 0 Å². The molecule has 1 aromatic rings. The SMILES string of the molecule is CS(=O)(=O)N(CC1CCCCC1)C[C@@H]1N[C@H](CO)[C@@H]1c1ccccc1. The Morgan fingerprint density at radius 2 is 1.76 bits per heavy atom. The summed E-state index contributed by atoms with van der Waals surface area (Å²) in [5, 5.41) is 13.0. The van der Waals surface area contributed by atoms with Crippen LogP contribution in [0.25, 0.3) is 0 Å². The van der Waals surface area contributed by atoms with Gasteiger partial charge in [0.05, 0.1) is 12.9 Å². The van der Waals surface area contributed by atoms with E-state index >= 15 is 0 Å². The minimum absolute atomic E-state index is 0.00323. The van der Waals surface area contributed by atoms with Crippen molar-refractivity contribution in [1.82, 2.24) is 9.62 Å². The molecule has 0 radical (unpaired) electrons. The van der Waals surface area contributed by atoms with E-state index in [1.807, 2.05) is 18.2 Å². The van der Waals surface area contributed by atoms with Crippen molar-refractivity contribution >= 4 is 10.0 Å². The van der Waals surface area contributed by atoms with Gasteiger partial charge in [-0.25, -0.2) is 12.7 Å². The van der Waals surface area contributed by atoms with E-state index in [1.165, 1.54) is 25.5 Å². The zero-order valence-corrected chi connectivity index (χ0v) is 15.8. The molecule has 2 N–H and O–H groups in total. The first-order valence-electron chi connectivity index (χ1n) is 9.36. The van der Waals surface area contributed by atoms with Crippen LogP contribution in [0, 0.1) is 5.92 Å². The summed E-state index contributed by atoms with van der Waals surface area (Å²) >= 11 is 0. The molecule has 0 unspecified atom stereocenters. The van der Waals surface area contributed by atoms with Crippen molar-refractivity contribution in [2.45, 2.75) is 50.1 Å². The van der Waals surface area contributed by atoms with Crippen LogP contribution in [0.5, 0.6) is 0 Å². The van der Waals surface area contributed by atoms with E-state index in [4.69, 9.17) is 0 Å². The van der Waals surface area contributed by atoms with E-state index in [2.05, 4.69) is 17.4 Å². The van der Waals surface area contributed by atoms with Gasteiger partial charge in [-0.15, -0.1) is 0 Å². The van der Waals surface area contributed by atoms with Crippen LogP contribution in [0.1, 0.15) is 43.6 Å². The van der Waals surface area contributed by atoms with Crippen LogP contribution in [0.4, 0.5) is 0 Å². The number of rotatable bonds is 7. The molecule has 1 saturated heterocycles. The Bertz CT molecular complexity index is 644. The highest BCUT2D eigenvalue weighted by Gasteiger charge is 2.42. The third kappa shape index (κ3) is 4.61. The number of sulfonamides is 1. The van der Waals surface area contributed by atoms with Crippen molar-refractivity contribution in [1.29, 1.82) is 0 Å². The Morgan fingerprint density at radius 3 is 2.36 bits per heavy atom. The van der Waals surface area contributed by atoms with Gasteiger partial charge in [-0.3, -0.25) is 0 Å². The van der Waals surface area contributed by atoms with Gasteiger partial charge in [0.2, 0.25) is 10.0 Å². The number of nitrogens with zero attached hydrogens (tertiary/aromatic N) is 1. The third-order valence-electron chi connectivity index (χ3n) is 5.73. The number of hydrogen-bond donors (Lipinski definition) is 2. The maximum Gasteiger partial charge on any atom is 0.211 e. The lowest BCUT2D eigenvalue weighted by Gasteiger charge is -2.47. The highest BCUT2D eigenvalue weighted by molar-refractivity contribution is 7.88. The Balaban J connectivity index is 1.70. The molecule has 1 aliphatic carbocycles. The van der Waals surface area contributed by atoms with Crippen LogP contribution < -0.4 is 5.32 Å². The molecule has 2 aliphatic rings.